The number of aliphatic hydroxyl groups excluding tert-OH is 4. The van der Waals surface area contributed by atoms with Gasteiger partial charge in [-0.1, -0.05) is 12.2 Å². The molecule has 6 N–H and O–H groups in total. The number of hydrogen-bond donors (Lipinski definition) is 8. The minimum Gasteiger partial charge on any atom is -0.394 e. The van der Waals surface area contributed by atoms with Gasteiger partial charge in [0.2, 0.25) is 0 Å². The third kappa shape index (κ3) is 7.02. The lowest BCUT2D eigenvalue weighted by Crippen LogP contribution is -2.34. The van der Waals surface area contributed by atoms with Crippen molar-refractivity contribution in [3.05, 3.63) is 37.5 Å². The van der Waals surface area contributed by atoms with E-state index in [9.17, 15) is 29.6 Å². The molecule has 48 heavy (non-hydrogen) atoms. The molecule has 2 saturated heterocycles. The zero-order valence-corrected chi connectivity index (χ0v) is 28.1. The van der Waals surface area contributed by atoms with Crippen LogP contribution in [0.1, 0.15) is 12.5 Å². The molecule has 4 aromatic rings. The number of fused-ring (bicyclic) bond motifs is 2. The molecule has 20 nitrogen and oxygen atoms in total. The molecule has 2 aliphatic rings. The predicted molar refractivity (Wildman–Crippen MR) is 174 cm³/mol. The summed E-state index contributed by atoms with van der Waals surface area (Å²) < 4.78 is 48.1. The molecule has 2 fully saturated rings. The van der Waals surface area contributed by atoms with Crippen molar-refractivity contribution >= 4 is 72.9 Å². The van der Waals surface area contributed by atoms with Crippen LogP contribution in [0.3, 0.4) is 0 Å². The molecule has 2 aliphatic heterocycles. The number of nitrogens with zero attached hydrogens (tertiary/aromatic N) is 8. The molecule has 6 rings (SSSR count). The number of thiol groups is 2. The highest BCUT2D eigenvalue weighted by Crippen LogP contribution is 2.42. The number of ether oxygens (including phenoxy) is 2. The minimum absolute atomic E-state index is 0.351. The van der Waals surface area contributed by atoms with Crippen LogP contribution in [-0.2, 0) is 27.7 Å². The van der Waals surface area contributed by atoms with Gasteiger partial charge in [-0.25, -0.2) is 29.9 Å². The predicted octanol–water partition coefficient (Wildman–Crippen LogP) is 0.492. The summed E-state index contributed by atoms with van der Waals surface area (Å²) in [5.74, 6) is 0.840. The Bertz CT molecular complexity index is 1820. The zero-order chi connectivity index (χ0) is 33.9. The molecule has 0 amide bonds. The van der Waals surface area contributed by atoms with Gasteiger partial charge in [0.1, 0.15) is 61.6 Å². The summed E-state index contributed by atoms with van der Waals surface area (Å²) in [7, 11) is -4.73. The first-order valence-corrected chi connectivity index (χ1v) is 18.9. The van der Waals surface area contributed by atoms with Crippen LogP contribution in [0, 0.1) is 0 Å². The van der Waals surface area contributed by atoms with Crippen LogP contribution in [0.15, 0.2) is 37.5 Å². The molecule has 0 aromatic carbocycles. The molecular weight excluding hydrogens is 714 g/mol. The highest BCUT2D eigenvalue weighted by Gasteiger charge is 2.51. The monoisotopic (exact) mass is 744 g/mol. The fraction of sp³-hybridized carbons (Fsp3) is 0.500. The molecule has 0 radical (unpaired) electrons. The number of rotatable bonds is 14. The number of nitrogens with one attached hydrogen (secondary N) is 2. The number of hydrogen-bond acceptors (Lipinski definition) is 18. The van der Waals surface area contributed by atoms with Crippen LogP contribution >= 0.6 is 39.0 Å². The van der Waals surface area contributed by atoms with Crippen molar-refractivity contribution in [1.82, 2.24) is 39.0 Å². The van der Waals surface area contributed by atoms with Crippen LogP contribution in [-0.4, -0.2) is 122 Å². The Hall–Kier alpha value is -2.98. The van der Waals surface area contributed by atoms with Crippen LogP contribution in [0.5, 0.6) is 0 Å². The molecule has 24 heteroatoms. The second kappa shape index (κ2) is 15.3. The van der Waals surface area contributed by atoms with E-state index in [-0.39, 0.29) is 0 Å². The van der Waals surface area contributed by atoms with E-state index in [1.807, 2.05) is 12.2 Å². The maximum atomic E-state index is 11.7. The lowest BCUT2D eigenvalue weighted by Gasteiger charge is -2.16. The summed E-state index contributed by atoms with van der Waals surface area (Å²) >= 11 is 7.51. The maximum Gasteiger partial charge on any atom is 0.582 e. The Kier molecular flexibility index (Phi) is 11.1. The SMILES string of the molecule is O=[P+](S)OC1C(n2cnc3c(NC/C=C/CNc4ncnc5c4ncn5[C@@H]4OC(CO)[C@@H](O[P+](=O)S)[C@H]4O)ncnc32)O[C@H](CO)[C@H]1O. The largest absolute Gasteiger partial charge is 0.582 e. The molecule has 0 bridgehead atoms. The molecule has 256 valence electrons. The molecule has 4 aromatic heterocycles. The molecule has 0 saturated carbocycles. The smallest absolute Gasteiger partial charge is 0.394 e. The number of aliphatic hydroxyl groups is 4. The van der Waals surface area contributed by atoms with Gasteiger partial charge in [-0.2, -0.15) is 0 Å². The zero-order valence-electron chi connectivity index (χ0n) is 24.5. The highest BCUT2D eigenvalue weighted by atomic mass is 32.7. The van der Waals surface area contributed by atoms with Crippen molar-refractivity contribution in [2.45, 2.75) is 49.1 Å². The van der Waals surface area contributed by atoms with E-state index in [2.05, 4.69) is 65.0 Å². The standard InChI is InChI=1S/C24H28N10O10P2S2/c35-5-11-15(37)18(44-46(40)48)24(41-11)34-10-32-14-20(28-8-30-22(14)34)26-4-2-1-3-25-19-13-21(29-7-27-19)33(9-31-13)23-16(38)17(43-45(39)47)12(6-36)42-23/h1-2,7-12,15-18,23-24,35-38H,3-6H2,(H2-2,25,26,27,28,29,30,39,40,47,48)/p+2/b2-1+/t11-,12?,15-,16-,17-,18?,23-,24?/m1/s1. The topological polar surface area (TPSA) is 263 Å². The van der Waals surface area contributed by atoms with E-state index in [0.29, 0.717) is 47.1 Å². The second-order valence-corrected chi connectivity index (χ2v) is 13.8. The molecule has 0 spiro atoms. The first-order valence-electron chi connectivity index (χ1n) is 14.2. The van der Waals surface area contributed by atoms with Crippen LogP contribution in [0.4, 0.5) is 11.6 Å². The Labute approximate surface area is 283 Å². The third-order valence-corrected chi connectivity index (χ3v) is 9.03. The summed E-state index contributed by atoms with van der Waals surface area (Å²) in [6.07, 6.45) is 0.571. The van der Waals surface area contributed by atoms with Gasteiger partial charge in [0.05, 0.1) is 25.9 Å². The van der Waals surface area contributed by atoms with Gasteiger partial charge in [0, 0.05) is 13.1 Å². The summed E-state index contributed by atoms with van der Waals surface area (Å²) in [5, 5.41) is 46.8. The quantitative estimate of drug-likeness (QED) is 0.0496. The minimum atomic E-state index is -2.38. The number of aromatic nitrogens is 8. The molecule has 5 unspecified atom stereocenters. The van der Waals surface area contributed by atoms with Crippen molar-refractivity contribution in [2.24, 2.45) is 0 Å². The Balaban J connectivity index is 1.08. The van der Waals surface area contributed by atoms with Crippen molar-refractivity contribution in [3.8, 4) is 0 Å². The number of imidazole rings is 2. The maximum absolute atomic E-state index is 11.7. The summed E-state index contributed by atoms with van der Waals surface area (Å²) in [5.41, 5.74) is 1.51. The molecular formula is C24H30N10O10P2S2+2. The van der Waals surface area contributed by atoms with E-state index >= 15 is 0 Å². The first-order chi connectivity index (χ1) is 23.2. The Morgan fingerprint density at radius 1 is 0.750 bits per heavy atom. The van der Waals surface area contributed by atoms with Gasteiger partial charge in [0.15, 0.2) is 58.6 Å². The van der Waals surface area contributed by atoms with Crippen molar-refractivity contribution in [1.29, 1.82) is 0 Å². The Morgan fingerprint density at radius 3 is 1.77 bits per heavy atom. The second-order valence-electron chi connectivity index (χ2n) is 10.4. The molecule has 0 aliphatic carbocycles. The lowest BCUT2D eigenvalue weighted by atomic mass is 10.1. The first kappa shape index (κ1) is 34.9. The number of anilines is 2. The van der Waals surface area contributed by atoms with Gasteiger partial charge in [-0.15, -0.1) is 9.05 Å². The van der Waals surface area contributed by atoms with Gasteiger partial charge in [0.25, 0.3) is 0 Å². The third-order valence-electron chi connectivity index (χ3n) is 7.61. The average molecular weight is 745 g/mol. The van der Waals surface area contributed by atoms with Crippen molar-refractivity contribution < 1.29 is 48.1 Å². The van der Waals surface area contributed by atoms with Gasteiger partial charge in [-0.05, 0) is 9.13 Å². The Morgan fingerprint density at radius 2 is 1.25 bits per heavy atom. The van der Waals surface area contributed by atoms with Gasteiger partial charge >= 0.3 is 14.5 Å². The van der Waals surface area contributed by atoms with Crippen LogP contribution < -0.4 is 10.6 Å². The molecule has 6 heterocycles. The molecule has 10 atom stereocenters. The fourth-order valence-electron chi connectivity index (χ4n) is 5.45. The van der Waals surface area contributed by atoms with Gasteiger partial charge in [-0.3, -0.25) is 9.13 Å². The van der Waals surface area contributed by atoms with E-state index < -0.39 is 76.8 Å². The van der Waals surface area contributed by atoms with Crippen molar-refractivity contribution in [2.75, 3.05) is 36.9 Å². The lowest BCUT2D eigenvalue weighted by molar-refractivity contribution is -0.0502. The van der Waals surface area contributed by atoms with E-state index in [1.54, 1.807) is 0 Å². The fourth-order valence-corrected chi connectivity index (χ4v) is 7.01. The van der Waals surface area contributed by atoms with Gasteiger partial charge < -0.3 is 40.5 Å². The highest BCUT2D eigenvalue weighted by molar-refractivity contribution is 8.39. The summed E-state index contributed by atoms with van der Waals surface area (Å²) in [6, 6.07) is 0. The normalized spacial score (nSPS) is 28.1. The van der Waals surface area contributed by atoms with E-state index in [1.165, 1.54) is 34.4 Å². The van der Waals surface area contributed by atoms with Crippen molar-refractivity contribution in [3.63, 3.8) is 0 Å². The average Bonchev–Trinajstić information content (AvgIpc) is 3.83. The van der Waals surface area contributed by atoms with Crippen LogP contribution in [0.2, 0.25) is 0 Å². The van der Waals surface area contributed by atoms with E-state index in [4.69, 9.17) is 18.5 Å². The van der Waals surface area contributed by atoms with E-state index in [0.717, 1.165) is 0 Å². The summed E-state index contributed by atoms with van der Waals surface area (Å²) in [6.45, 7) is -0.239. The summed E-state index contributed by atoms with van der Waals surface area (Å²) in [4.78, 5) is 25.8. The van der Waals surface area contributed by atoms with Crippen LogP contribution in [0.25, 0.3) is 22.3 Å².